The summed E-state index contributed by atoms with van der Waals surface area (Å²) in [5, 5.41) is 0. The van der Waals surface area contributed by atoms with E-state index in [1.54, 1.807) is 0 Å². The number of nitrogens with zero attached hydrogens (tertiary/aromatic N) is 1. The molecule has 1 aliphatic carbocycles. The predicted molar refractivity (Wildman–Crippen MR) is 61.8 cm³/mol. The smallest absolute Gasteiger partial charge is 0.134 e. The van der Waals surface area contributed by atoms with E-state index in [2.05, 4.69) is 25.7 Å². The van der Waals surface area contributed by atoms with Crippen LogP contribution in [0.25, 0.3) is 0 Å². The Hall–Kier alpha value is -0.370. The number of hydrogen-bond donors (Lipinski definition) is 0. The Kier molecular flexibility index (Phi) is 2.89. The first-order valence-corrected chi connectivity index (χ1v) is 6.27. The molecule has 2 unspecified atom stereocenters. The highest BCUT2D eigenvalue weighted by Gasteiger charge is 2.41. The summed E-state index contributed by atoms with van der Waals surface area (Å²) in [5.74, 6) is 1.26. The molecule has 1 saturated carbocycles. The summed E-state index contributed by atoms with van der Waals surface area (Å²) < 4.78 is 0. The molecule has 0 amide bonds. The molecule has 15 heavy (non-hydrogen) atoms. The molecule has 0 aromatic carbocycles. The Morgan fingerprint density at radius 3 is 2.67 bits per heavy atom. The van der Waals surface area contributed by atoms with Gasteiger partial charge in [0.05, 0.1) is 0 Å². The van der Waals surface area contributed by atoms with Gasteiger partial charge in [-0.3, -0.25) is 9.69 Å². The summed E-state index contributed by atoms with van der Waals surface area (Å²) in [6.45, 7) is 8.17. The number of Topliss-reactive ketones (excluding diaryl/α,β-unsaturated/α-hetero) is 1. The van der Waals surface area contributed by atoms with Crippen LogP contribution in [0, 0.1) is 5.92 Å². The van der Waals surface area contributed by atoms with Crippen LogP contribution < -0.4 is 0 Å². The fourth-order valence-corrected chi connectivity index (χ4v) is 3.53. The molecule has 1 aliphatic heterocycles. The second-order valence-electron chi connectivity index (χ2n) is 6.06. The van der Waals surface area contributed by atoms with Gasteiger partial charge in [0.2, 0.25) is 0 Å². The van der Waals surface area contributed by atoms with Crippen molar-refractivity contribution >= 4 is 5.78 Å². The summed E-state index contributed by atoms with van der Waals surface area (Å²) in [7, 11) is 0. The molecule has 0 aromatic heterocycles. The molecular formula is C13H23NO. The Bertz CT molecular complexity index is 259. The van der Waals surface area contributed by atoms with Gasteiger partial charge in [0, 0.05) is 31.0 Å². The van der Waals surface area contributed by atoms with Gasteiger partial charge in [0.1, 0.15) is 5.78 Å². The zero-order valence-corrected chi connectivity index (χ0v) is 10.3. The molecule has 1 heterocycles. The van der Waals surface area contributed by atoms with Gasteiger partial charge in [-0.25, -0.2) is 0 Å². The number of hydrogen-bond acceptors (Lipinski definition) is 2. The molecule has 2 heteroatoms. The minimum Gasteiger partial charge on any atom is -0.300 e. The van der Waals surface area contributed by atoms with E-state index in [1.807, 2.05) is 0 Å². The lowest BCUT2D eigenvalue weighted by Crippen LogP contribution is -2.47. The third-order valence-electron chi connectivity index (χ3n) is 4.03. The third-order valence-corrected chi connectivity index (χ3v) is 4.03. The van der Waals surface area contributed by atoms with Gasteiger partial charge >= 0.3 is 0 Å². The van der Waals surface area contributed by atoms with Crippen molar-refractivity contribution in [3.05, 3.63) is 0 Å². The normalized spacial score (nSPS) is 37.1. The summed E-state index contributed by atoms with van der Waals surface area (Å²) in [6, 6.07) is 0.534. The molecule has 86 valence electrons. The Labute approximate surface area is 93.0 Å². The topological polar surface area (TPSA) is 20.3 Å². The highest BCUT2D eigenvalue weighted by molar-refractivity contribution is 5.79. The zero-order chi connectivity index (χ0) is 11.1. The lowest BCUT2D eigenvalue weighted by molar-refractivity contribution is -0.122. The van der Waals surface area contributed by atoms with Crippen molar-refractivity contribution in [2.24, 2.45) is 5.92 Å². The molecule has 1 saturated heterocycles. The van der Waals surface area contributed by atoms with Crippen molar-refractivity contribution in [1.82, 2.24) is 4.90 Å². The molecule has 0 radical (unpaired) electrons. The van der Waals surface area contributed by atoms with Gasteiger partial charge in [0.25, 0.3) is 0 Å². The average Bonchev–Trinajstić information content (AvgIpc) is 2.39. The summed E-state index contributed by atoms with van der Waals surface area (Å²) in [4.78, 5) is 14.1. The lowest BCUT2D eigenvalue weighted by Gasteiger charge is -2.39. The van der Waals surface area contributed by atoms with Crippen LogP contribution >= 0.6 is 0 Å². The molecular weight excluding hydrogens is 186 g/mol. The van der Waals surface area contributed by atoms with Crippen molar-refractivity contribution in [2.45, 2.75) is 64.5 Å². The molecule has 2 atom stereocenters. The van der Waals surface area contributed by atoms with Crippen LogP contribution in [0.2, 0.25) is 0 Å². The Morgan fingerprint density at radius 1 is 1.40 bits per heavy atom. The molecule has 2 rings (SSSR count). The summed E-state index contributed by atoms with van der Waals surface area (Å²) in [5.41, 5.74) is 0.307. The first kappa shape index (κ1) is 11.1. The molecule has 0 N–H and O–H groups in total. The van der Waals surface area contributed by atoms with Gasteiger partial charge in [-0.05, 0) is 39.0 Å². The van der Waals surface area contributed by atoms with E-state index in [0.717, 1.165) is 25.2 Å². The van der Waals surface area contributed by atoms with Crippen LogP contribution in [-0.2, 0) is 4.79 Å². The molecule has 2 nitrogen and oxygen atoms in total. The van der Waals surface area contributed by atoms with Crippen LogP contribution in [0.4, 0.5) is 0 Å². The van der Waals surface area contributed by atoms with Crippen LogP contribution in [0.1, 0.15) is 52.9 Å². The van der Waals surface area contributed by atoms with Crippen LogP contribution in [-0.4, -0.2) is 28.8 Å². The fourth-order valence-electron chi connectivity index (χ4n) is 3.53. The molecule has 2 aliphatic rings. The maximum absolute atomic E-state index is 11.5. The highest BCUT2D eigenvalue weighted by atomic mass is 16.1. The summed E-state index contributed by atoms with van der Waals surface area (Å²) >= 11 is 0. The maximum atomic E-state index is 11.5. The highest BCUT2D eigenvalue weighted by Crippen LogP contribution is 2.37. The lowest BCUT2D eigenvalue weighted by atomic mass is 9.90. The number of carbonyl (C=O) groups excluding carboxylic acids is 1. The van der Waals surface area contributed by atoms with Gasteiger partial charge in [-0.2, -0.15) is 0 Å². The van der Waals surface area contributed by atoms with Crippen molar-refractivity contribution in [2.75, 3.05) is 6.54 Å². The number of rotatable bonds is 1. The first-order valence-electron chi connectivity index (χ1n) is 6.27. The maximum Gasteiger partial charge on any atom is 0.134 e. The van der Waals surface area contributed by atoms with Crippen LogP contribution in [0.5, 0.6) is 0 Å². The van der Waals surface area contributed by atoms with Crippen molar-refractivity contribution in [3.8, 4) is 0 Å². The Balaban J connectivity index is 2.06. The SMILES string of the molecule is CC1CN(C2CCCC(=O)C2)C(C)(C)C1. The largest absolute Gasteiger partial charge is 0.300 e. The average molecular weight is 209 g/mol. The molecule has 0 bridgehead atoms. The zero-order valence-electron chi connectivity index (χ0n) is 10.3. The number of carbonyl (C=O) groups is 1. The minimum absolute atomic E-state index is 0.307. The van der Waals surface area contributed by atoms with Gasteiger partial charge in [0.15, 0.2) is 0 Å². The molecule has 2 fully saturated rings. The van der Waals surface area contributed by atoms with E-state index in [9.17, 15) is 4.79 Å². The van der Waals surface area contributed by atoms with E-state index < -0.39 is 0 Å². The van der Waals surface area contributed by atoms with E-state index in [4.69, 9.17) is 0 Å². The first-order chi connectivity index (χ1) is 6.99. The van der Waals surface area contributed by atoms with Crippen LogP contribution in [0.15, 0.2) is 0 Å². The molecule has 0 aromatic rings. The van der Waals surface area contributed by atoms with E-state index >= 15 is 0 Å². The fraction of sp³-hybridized carbons (Fsp3) is 0.923. The number of likely N-dealkylation sites (tertiary alicyclic amines) is 1. The van der Waals surface area contributed by atoms with Crippen molar-refractivity contribution < 1.29 is 4.79 Å². The second-order valence-corrected chi connectivity index (χ2v) is 6.06. The second kappa shape index (κ2) is 3.89. The standard InChI is InChI=1S/C13H23NO/c1-10-8-13(2,3)14(9-10)11-5-4-6-12(15)7-11/h10-11H,4-9H2,1-3H3. The van der Waals surface area contributed by atoms with Crippen LogP contribution in [0.3, 0.4) is 0 Å². The monoisotopic (exact) mass is 209 g/mol. The third kappa shape index (κ3) is 2.25. The van der Waals surface area contributed by atoms with E-state index in [0.29, 0.717) is 17.4 Å². The minimum atomic E-state index is 0.307. The van der Waals surface area contributed by atoms with E-state index in [-0.39, 0.29) is 0 Å². The van der Waals surface area contributed by atoms with Gasteiger partial charge in [-0.1, -0.05) is 6.92 Å². The van der Waals surface area contributed by atoms with E-state index in [1.165, 1.54) is 19.4 Å². The Morgan fingerprint density at radius 2 is 2.13 bits per heavy atom. The van der Waals surface area contributed by atoms with Crippen molar-refractivity contribution in [1.29, 1.82) is 0 Å². The van der Waals surface area contributed by atoms with Gasteiger partial charge in [-0.15, -0.1) is 0 Å². The predicted octanol–water partition coefficient (Wildman–Crippen LogP) is 2.62. The molecule has 0 spiro atoms. The quantitative estimate of drug-likeness (QED) is 0.661. The van der Waals surface area contributed by atoms with Gasteiger partial charge < -0.3 is 0 Å². The summed E-state index contributed by atoms with van der Waals surface area (Å²) in [6.07, 6.45) is 5.22. The van der Waals surface area contributed by atoms with Crippen molar-refractivity contribution in [3.63, 3.8) is 0 Å². The number of ketones is 1.